The molecule has 2 aromatic heterocycles. The van der Waals surface area contributed by atoms with E-state index in [0.717, 1.165) is 6.42 Å². The Balaban J connectivity index is 2.10. The van der Waals surface area contributed by atoms with Gasteiger partial charge < -0.3 is 10.4 Å². The molecule has 0 aliphatic carbocycles. The minimum Gasteiger partial charge on any atom is -0.394 e. The topological polar surface area (TPSA) is 80.0 Å². The Labute approximate surface area is 123 Å². The van der Waals surface area contributed by atoms with Crippen molar-refractivity contribution in [1.82, 2.24) is 20.1 Å². The SMILES string of the molecule is CC(C)CC(CO)NC(=O)c1cccc(-n2cccn2)n1. The molecule has 2 N–H and O–H groups in total. The van der Waals surface area contributed by atoms with Gasteiger partial charge in [-0.2, -0.15) is 5.10 Å². The number of carbonyl (C=O) groups excluding carboxylic acids is 1. The highest BCUT2D eigenvalue weighted by molar-refractivity contribution is 5.92. The molecular weight excluding hydrogens is 268 g/mol. The molecule has 21 heavy (non-hydrogen) atoms. The molecule has 0 aliphatic rings. The molecule has 2 aromatic rings. The molecule has 1 unspecified atom stereocenters. The van der Waals surface area contributed by atoms with Crippen LogP contribution in [-0.4, -0.2) is 38.4 Å². The second-order valence-corrected chi connectivity index (χ2v) is 5.31. The number of nitrogens with one attached hydrogen (secondary N) is 1. The first-order chi connectivity index (χ1) is 10.1. The van der Waals surface area contributed by atoms with Gasteiger partial charge in [0.15, 0.2) is 5.82 Å². The third-order valence-electron chi connectivity index (χ3n) is 3.02. The number of amides is 1. The van der Waals surface area contributed by atoms with Gasteiger partial charge in [-0.25, -0.2) is 9.67 Å². The lowest BCUT2D eigenvalue weighted by molar-refractivity contribution is 0.0903. The number of aliphatic hydroxyl groups is 1. The monoisotopic (exact) mass is 288 g/mol. The second-order valence-electron chi connectivity index (χ2n) is 5.31. The first kappa shape index (κ1) is 15.2. The summed E-state index contributed by atoms with van der Waals surface area (Å²) in [5.74, 6) is 0.687. The highest BCUT2D eigenvalue weighted by atomic mass is 16.3. The molecule has 0 aliphatic heterocycles. The minimum atomic E-state index is -0.288. The fourth-order valence-corrected chi connectivity index (χ4v) is 2.09. The van der Waals surface area contributed by atoms with E-state index in [1.807, 2.05) is 13.8 Å². The molecule has 0 aromatic carbocycles. The summed E-state index contributed by atoms with van der Waals surface area (Å²) in [5, 5.41) is 16.2. The van der Waals surface area contributed by atoms with E-state index in [2.05, 4.69) is 15.4 Å². The van der Waals surface area contributed by atoms with Crippen molar-refractivity contribution in [2.45, 2.75) is 26.3 Å². The zero-order valence-corrected chi connectivity index (χ0v) is 12.2. The Morgan fingerprint density at radius 3 is 2.81 bits per heavy atom. The summed E-state index contributed by atoms with van der Waals surface area (Å²) in [7, 11) is 0. The number of nitrogens with zero attached hydrogens (tertiary/aromatic N) is 3. The molecule has 0 spiro atoms. The molecule has 2 heterocycles. The predicted molar refractivity (Wildman–Crippen MR) is 79.2 cm³/mol. The van der Waals surface area contributed by atoms with Gasteiger partial charge in [0, 0.05) is 12.4 Å². The van der Waals surface area contributed by atoms with Gasteiger partial charge in [0.1, 0.15) is 5.69 Å². The van der Waals surface area contributed by atoms with Gasteiger partial charge >= 0.3 is 0 Å². The van der Waals surface area contributed by atoms with Crippen LogP contribution >= 0.6 is 0 Å². The molecule has 112 valence electrons. The second kappa shape index (κ2) is 6.99. The van der Waals surface area contributed by atoms with Crippen molar-refractivity contribution in [2.75, 3.05) is 6.61 Å². The van der Waals surface area contributed by atoms with Crippen LogP contribution in [0.25, 0.3) is 5.82 Å². The first-order valence-corrected chi connectivity index (χ1v) is 6.99. The molecule has 1 atom stereocenters. The number of aliphatic hydroxyl groups excluding tert-OH is 1. The lowest BCUT2D eigenvalue weighted by Gasteiger charge is -2.18. The Kier molecular flexibility index (Phi) is 5.05. The van der Waals surface area contributed by atoms with Gasteiger partial charge in [0.2, 0.25) is 0 Å². The molecule has 0 saturated heterocycles. The van der Waals surface area contributed by atoms with E-state index in [1.165, 1.54) is 0 Å². The summed E-state index contributed by atoms with van der Waals surface area (Å²) in [6, 6.07) is 6.72. The van der Waals surface area contributed by atoms with Gasteiger partial charge in [-0.05, 0) is 30.5 Å². The van der Waals surface area contributed by atoms with Crippen molar-refractivity contribution < 1.29 is 9.90 Å². The molecule has 1 amide bonds. The lowest BCUT2D eigenvalue weighted by Crippen LogP contribution is -2.38. The van der Waals surface area contributed by atoms with Crippen LogP contribution in [0.15, 0.2) is 36.7 Å². The number of carbonyl (C=O) groups is 1. The first-order valence-electron chi connectivity index (χ1n) is 6.99. The maximum absolute atomic E-state index is 12.2. The maximum Gasteiger partial charge on any atom is 0.270 e. The fourth-order valence-electron chi connectivity index (χ4n) is 2.09. The average molecular weight is 288 g/mol. The number of rotatable bonds is 6. The third-order valence-corrected chi connectivity index (χ3v) is 3.02. The van der Waals surface area contributed by atoms with Crippen molar-refractivity contribution in [1.29, 1.82) is 0 Å². The van der Waals surface area contributed by atoms with Gasteiger partial charge in [-0.15, -0.1) is 0 Å². The number of aromatic nitrogens is 3. The van der Waals surface area contributed by atoms with Gasteiger partial charge in [-0.1, -0.05) is 19.9 Å². The Morgan fingerprint density at radius 2 is 2.19 bits per heavy atom. The summed E-state index contributed by atoms with van der Waals surface area (Å²) in [6.07, 6.45) is 4.14. The minimum absolute atomic E-state index is 0.0806. The lowest BCUT2D eigenvalue weighted by atomic mass is 10.0. The molecule has 6 nitrogen and oxygen atoms in total. The van der Waals surface area contributed by atoms with E-state index in [9.17, 15) is 9.90 Å². The van der Waals surface area contributed by atoms with Crippen molar-refractivity contribution in [3.05, 3.63) is 42.4 Å². The quantitative estimate of drug-likeness (QED) is 0.842. The van der Waals surface area contributed by atoms with Crippen molar-refractivity contribution >= 4 is 5.91 Å². The third kappa shape index (κ3) is 4.13. The van der Waals surface area contributed by atoms with E-state index in [4.69, 9.17) is 0 Å². The van der Waals surface area contributed by atoms with Crippen LogP contribution in [0.5, 0.6) is 0 Å². The highest BCUT2D eigenvalue weighted by Gasteiger charge is 2.15. The van der Waals surface area contributed by atoms with E-state index < -0.39 is 0 Å². The van der Waals surface area contributed by atoms with Crippen molar-refractivity contribution in [3.8, 4) is 5.82 Å². The van der Waals surface area contributed by atoms with Gasteiger partial charge in [-0.3, -0.25) is 4.79 Å². The molecule has 0 saturated carbocycles. The molecule has 0 fully saturated rings. The van der Waals surface area contributed by atoms with Gasteiger partial charge in [0.05, 0.1) is 12.6 Å². The zero-order valence-electron chi connectivity index (χ0n) is 12.2. The maximum atomic E-state index is 12.2. The summed E-state index contributed by atoms with van der Waals surface area (Å²) in [4.78, 5) is 16.5. The van der Waals surface area contributed by atoms with Crippen LogP contribution in [-0.2, 0) is 0 Å². The van der Waals surface area contributed by atoms with Crippen LogP contribution < -0.4 is 5.32 Å². The Morgan fingerprint density at radius 1 is 1.38 bits per heavy atom. The van der Waals surface area contributed by atoms with Gasteiger partial charge in [0.25, 0.3) is 5.91 Å². The molecule has 2 rings (SSSR count). The Bertz CT molecular complexity index is 581. The summed E-state index contributed by atoms with van der Waals surface area (Å²) >= 11 is 0. The highest BCUT2D eigenvalue weighted by Crippen LogP contribution is 2.07. The molecule has 0 bridgehead atoms. The van der Waals surface area contributed by atoms with Crippen LogP contribution in [0.1, 0.15) is 30.8 Å². The van der Waals surface area contributed by atoms with Crippen molar-refractivity contribution in [2.24, 2.45) is 5.92 Å². The molecular formula is C15H20N4O2. The van der Waals surface area contributed by atoms with E-state index in [0.29, 0.717) is 17.4 Å². The standard InChI is InChI=1S/C15H20N4O2/c1-11(2)9-12(10-20)17-15(21)13-5-3-6-14(18-13)19-8-4-7-16-19/h3-8,11-12,20H,9-10H2,1-2H3,(H,17,21). The summed E-state index contributed by atoms with van der Waals surface area (Å²) in [6.45, 7) is 4.01. The Hall–Kier alpha value is -2.21. The zero-order chi connectivity index (χ0) is 15.2. The van der Waals surface area contributed by atoms with Crippen molar-refractivity contribution in [3.63, 3.8) is 0 Å². The van der Waals surface area contributed by atoms with E-state index in [1.54, 1.807) is 41.3 Å². The average Bonchev–Trinajstić information content (AvgIpc) is 3.00. The molecule has 0 radical (unpaired) electrons. The fraction of sp³-hybridized carbons (Fsp3) is 0.400. The summed E-state index contributed by atoms with van der Waals surface area (Å²) < 4.78 is 1.59. The smallest absolute Gasteiger partial charge is 0.270 e. The summed E-state index contributed by atoms with van der Waals surface area (Å²) in [5.41, 5.74) is 0.310. The number of pyridine rings is 1. The van der Waals surface area contributed by atoms with Crippen LogP contribution in [0, 0.1) is 5.92 Å². The number of hydrogen-bond donors (Lipinski definition) is 2. The van der Waals surface area contributed by atoms with Crippen LogP contribution in [0.4, 0.5) is 0 Å². The normalized spacial score (nSPS) is 12.4. The predicted octanol–water partition coefficient (Wildman–Crippen LogP) is 1.40. The van der Waals surface area contributed by atoms with E-state index in [-0.39, 0.29) is 18.6 Å². The molecule has 6 heteroatoms. The van der Waals surface area contributed by atoms with E-state index >= 15 is 0 Å². The number of hydrogen-bond acceptors (Lipinski definition) is 4. The van der Waals surface area contributed by atoms with Crippen LogP contribution in [0.2, 0.25) is 0 Å². The largest absolute Gasteiger partial charge is 0.394 e. The van der Waals surface area contributed by atoms with Crippen LogP contribution in [0.3, 0.4) is 0 Å².